The first-order valence-corrected chi connectivity index (χ1v) is 11.7. The normalized spacial score (nSPS) is 13.2. The van der Waals surface area contributed by atoms with Crippen molar-refractivity contribution in [3.63, 3.8) is 0 Å². The van der Waals surface area contributed by atoms with Crippen LogP contribution >= 0.6 is 0 Å². The zero-order valence-electron chi connectivity index (χ0n) is 18.0. The van der Waals surface area contributed by atoms with Crippen molar-refractivity contribution in [2.24, 2.45) is 0 Å². The largest absolute Gasteiger partial charge is 0.350 e. The Morgan fingerprint density at radius 2 is 1.73 bits per heavy atom. The van der Waals surface area contributed by atoms with Gasteiger partial charge in [0.05, 0.1) is 23.2 Å². The summed E-state index contributed by atoms with van der Waals surface area (Å²) in [4.78, 5) is 25.5. The van der Waals surface area contributed by atoms with Gasteiger partial charge in [-0.2, -0.15) is 0 Å². The van der Waals surface area contributed by atoms with E-state index in [-0.39, 0.29) is 11.9 Å². The van der Waals surface area contributed by atoms with Crippen molar-refractivity contribution in [3.8, 4) is 0 Å². The highest BCUT2D eigenvalue weighted by Crippen LogP contribution is 2.23. The number of para-hydroxylation sites is 1. The molecule has 0 aliphatic heterocycles. The molecular formula is C22H29N3O4S. The number of benzene rings is 2. The van der Waals surface area contributed by atoms with Gasteiger partial charge in [0.15, 0.2) is 0 Å². The fourth-order valence-corrected chi connectivity index (χ4v) is 4.17. The monoisotopic (exact) mass is 431 g/mol. The molecule has 2 atom stereocenters. The van der Waals surface area contributed by atoms with Gasteiger partial charge in [-0.05, 0) is 57.0 Å². The maximum Gasteiger partial charge on any atom is 0.253 e. The second-order valence-corrected chi connectivity index (χ2v) is 9.25. The molecule has 30 heavy (non-hydrogen) atoms. The predicted molar refractivity (Wildman–Crippen MR) is 120 cm³/mol. The van der Waals surface area contributed by atoms with E-state index in [1.54, 1.807) is 42.5 Å². The highest BCUT2D eigenvalue weighted by Gasteiger charge is 2.30. The summed E-state index contributed by atoms with van der Waals surface area (Å²) in [6, 6.07) is 12.6. The maximum atomic E-state index is 13.0. The highest BCUT2D eigenvalue weighted by molar-refractivity contribution is 7.92. The summed E-state index contributed by atoms with van der Waals surface area (Å²) in [7, 11) is -3.72. The molecule has 162 valence electrons. The third-order valence-corrected chi connectivity index (χ3v) is 6.01. The summed E-state index contributed by atoms with van der Waals surface area (Å²) in [6.45, 7) is 7.22. The lowest BCUT2D eigenvalue weighted by molar-refractivity contribution is -0.116. The van der Waals surface area contributed by atoms with Crippen LogP contribution in [0.2, 0.25) is 0 Å². The van der Waals surface area contributed by atoms with Crippen LogP contribution < -0.4 is 14.9 Å². The molecule has 0 fully saturated rings. The number of nitrogens with zero attached hydrogens (tertiary/aromatic N) is 1. The van der Waals surface area contributed by atoms with Gasteiger partial charge in [0.25, 0.3) is 5.91 Å². The van der Waals surface area contributed by atoms with Crippen LogP contribution in [0.1, 0.15) is 43.1 Å². The van der Waals surface area contributed by atoms with Crippen molar-refractivity contribution in [2.75, 3.05) is 15.9 Å². The Morgan fingerprint density at radius 3 is 2.33 bits per heavy atom. The topological polar surface area (TPSA) is 95.6 Å². The number of hydrogen-bond donors (Lipinski definition) is 2. The molecule has 0 spiro atoms. The van der Waals surface area contributed by atoms with Crippen LogP contribution in [0, 0.1) is 6.92 Å². The van der Waals surface area contributed by atoms with E-state index in [1.165, 1.54) is 6.92 Å². The molecule has 0 aromatic heterocycles. The zero-order chi connectivity index (χ0) is 22.5. The van der Waals surface area contributed by atoms with Crippen molar-refractivity contribution < 1.29 is 18.0 Å². The zero-order valence-corrected chi connectivity index (χ0v) is 18.8. The SMILES string of the molecule is CC[C@@H](C)NC(=O)c1ccccc1NC(=O)[C@@H](C)N(c1cccc(C)c1)S(C)(=O)=O. The van der Waals surface area contributed by atoms with Crippen molar-refractivity contribution >= 4 is 33.2 Å². The minimum atomic E-state index is -3.72. The fourth-order valence-electron chi connectivity index (χ4n) is 3.00. The van der Waals surface area contributed by atoms with Gasteiger partial charge < -0.3 is 10.6 Å². The molecule has 0 aliphatic carbocycles. The standard InChI is InChI=1S/C22H29N3O4S/c1-6-16(3)23-22(27)19-12-7-8-13-20(19)24-21(26)17(4)25(30(5,28)29)18-11-9-10-15(2)14-18/h7-14,16-17H,6H2,1-5H3,(H,23,27)(H,24,26)/t16-,17-/m1/s1. The number of amides is 2. The van der Waals surface area contributed by atoms with Crippen molar-refractivity contribution in [1.82, 2.24) is 5.32 Å². The van der Waals surface area contributed by atoms with E-state index in [0.29, 0.717) is 16.9 Å². The predicted octanol–water partition coefficient (Wildman–Crippen LogP) is 3.32. The van der Waals surface area contributed by atoms with E-state index in [1.807, 2.05) is 26.8 Å². The van der Waals surface area contributed by atoms with Crippen LogP contribution in [0.4, 0.5) is 11.4 Å². The molecule has 2 rings (SSSR count). The Balaban J connectivity index is 2.31. The highest BCUT2D eigenvalue weighted by atomic mass is 32.2. The van der Waals surface area contributed by atoms with E-state index in [9.17, 15) is 18.0 Å². The molecule has 2 aromatic carbocycles. The van der Waals surface area contributed by atoms with Crippen molar-refractivity contribution in [1.29, 1.82) is 0 Å². The number of sulfonamides is 1. The number of carbonyl (C=O) groups is 2. The minimum absolute atomic E-state index is 0.0118. The Morgan fingerprint density at radius 1 is 1.07 bits per heavy atom. The fraction of sp³-hybridized carbons (Fsp3) is 0.364. The first-order valence-electron chi connectivity index (χ1n) is 9.81. The number of anilines is 2. The van der Waals surface area contributed by atoms with E-state index < -0.39 is 22.0 Å². The van der Waals surface area contributed by atoms with E-state index in [2.05, 4.69) is 10.6 Å². The van der Waals surface area contributed by atoms with Crippen molar-refractivity contribution in [3.05, 3.63) is 59.7 Å². The molecule has 0 heterocycles. The average Bonchev–Trinajstić information content (AvgIpc) is 2.67. The molecule has 0 aliphatic rings. The first kappa shape index (κ1) is 23.4. The Labute approximate surface area is 178 Å². The van der Waals surface area contributed by atoms with Crippen LogP contribution in [0.3, 0.4) is 0 Å². The number of aryl methyl sites for hydroxylation is 1. The Kier molecular flexibility index (Phi) is 7.61. The summed E-state index contributed by atoms with van der Waals surface area (Å²) < 4.78 is 26.0. The summed E-state index contributed by atoms with van der Waals surface area (Å²) in [6.07, 6.45) is 1.84. The smallest absolute Gasteiger partial charge is 0.253 e. The first-order chi connectivity index (χ1) is 14.0. The summed E-state index contributed by atoms with van der Waals surface area (Å²) in [5.41, 5.74) is 1.93. The van der Waals surface area contributed by atoms with Crippen LogP contribution in [0.15, 0.2) is 48.5 Å². The van der Waals surface area contributed by atoms with Crippen LogP contribution in [-0.4, -0.2) is 38.6 Å². The van der Waals surface area contributed by atoms with Gasteiger partial charge in [0.1, 0.15) is 6.04 Å². The second kappa shape index (κ2) is 9.75. The van der Waals surface area contributed by atoms with Gasteiger partial charge in [0, 0.05) is 6.04 Å². The van der Waals surface area contributed by atoms with Gasteiger partial charge >= 0.3 is 0 Å². The molecule has 0 saturated heterocycles. The third kappa shape index (κ3) is 5.82. The van der Waals surface area contributed by atoms with E-state index in [4.69, 9.17) is 0 Å². The Hall–Kier alpha value is -2.87. The number of hydrogen-bond acceptors (Lipinski definition) is 4. The lowest BCUT2D eigenvalue weighted by Crippen LogP contribution is -2.45. The Bertz CT molecular complexity index is 1020. The summed E-state index contributed by atoms with van der Waals surface area (Å²) in [5, 5.41) is 5.58. The van der Waals surface area contributed by atoms with Gasteiger partial charge in [-0.15, -0.1) is 0 Å². The molecule has 0 saturated carbocycles. The molecular weight excluding hydrogens is 402 g/mol. The summed E-state index contributed by atoms with van der Waals surface area (Å²) >= 11 is 0. The van der Waals surface area contributed by atoms with Crippen LogP contribution in [0.5, 0.6) is 0 Å². The molecule has 2 aromatic rings. The molecule has 2 N–H and O–H groups in total. The molecule has 0 bridgehead atoms. The molecule has 8 heteroatoms. The maximum absolute atomic E-state index is 13.0. The van der Waals surface area contributed by atoms with Crippen LogP contribution in [-0.2, 0) is 14.8 Å². The molecule has 0 radical (unpaired) electrons. The van der Waals surface area contributed by atoms with Gasteiger partial charge in [0.2, 0.25) is 15.9 Å². The minimum Gasteiger partial charge on any atom is -0.350 e. The lowest BCUT2D eigenvalue weighted by atomic mass is 10.1. The number of carbonyl (C=O) groups excluding carboxylic acids is 2. The van der Waals surface area contributed by atoms with Gasteiger partial charge in [-0.1, -0.05) is 31.2 Å². The quantitative estimate of drug-likeness (QED) is 0.670. The molecule has 0 unspecified atom stereocenters. The number of nitrogens with one attached hydrogen (secondary N) is 2. The average molecular weight is 432 g/mol. The van der Waals surface area contributed by atoms with E-state index in [0.717, 1.165) is 22.5 Å². The molecule has 7 nitrogen and oxygen atoms in total. The van der Waals surface area contributed by atoms with E-state index >= 15 is 0 Å². The van der Waals surface area contributed by atoms with Crippen molar-refractivity contribution in [2.45, 2.75) is 46.2 Å². The molecule has 2 amide bonds. The summed E-state index contributed by atoms with van der Waals surface area (Å²) in [5.74, 6) is -0.836. The second-order valence-electron chi connectivity index (χ2n) is 7.39. The van der Waals surface area contributed by atoms with Crippen LogP contribution in [0.25, 0.3) is 0 Å². The number of rotatable bonds is 8. The lowest BCUT2D eigenvalue weighted by Gasteiger charge is -2.28. The van der Waals surface area contributed by atoms with Gasteiger partial charge in [-0.3, -0.25) is 13.9 Å². The van der Waals surface area contributed by atoms with Gasteiger partial charge in [-0.25, -0.2) is 8.42 Å². The third-order valence-electron chi connectivity index (χ3n) is 4.76.